The maximum atomic E-state index is 10.2. The molecule has 2 saturated carbocycles. The summed E-state index contributed by atoms with van der Waals surface area (Å²) in [7, 11) is 0. The van der Waals surface area contributed by atoms with E-state index in [-0.39, 0.29) is 11.5 Å². The molecule has 5 heteroatoms. The van der Waals surface area contributed by atoms with Crippen molar-refractivity contribution in [1.29, 1.82) is 0 Å². The lowest BCUT2D eigenvalue weighted by atomic mass is 9.48. The Morgan fingerprint density at radius 3 is 2.90 bits per heavy atom. The molecular formula is C25H30N2O2S. The summed E-state index contributed by atoms with van der Waals surface area (Å²) in [6.07, 6.45) is 13.7. The number of allylic oxidation sites excluding steroid dienone is 1. The van der Waals surface area contributed by atoms with Gasteiger partial charge in [0.1, 0.15) is 5.76 Å². The third-order valence-corrected chi connectivity index (χ3v) is 9.93. The number of rotatable bonds is 2. The fraction of sp³-hybridized carbons (Fsp3) is 0.600. The molecule has 4 aliphatic rings. The number of aliphatic imine (C=N–C) groups is 1. The summed E-state index contributed by atoms with van der Waals surface area (Å²) in [4.78, 5) is 11.1. The van der Waals surface area contributed by atoms with Gasteiger partial charge in [-0.2, -0.15) is 0 Å². The minimum absolute atomic E-state index is 0.127. The van der Waals surface area contributed by atoms with Gasteiger partial charge in [-0.25, -0.2) is 9.98 Å². The van der Waals surface area contributed by atoms with Crippen LogP contribution in [0.15, 0.2) is 39.5 Å². The average molecular weight is 423 g/mol. The molecule has 6 rings (SSSR count). The Morgan fingerprint density at radius 2 is 2.07 bits per heavy atom. The Labute approximate surface area is 182 Å². The van der Waals surface area contributed by atoms with E-state index in [9.17, 15) is 5.11 Å². The molecule has 30 heavy (non-hydrogen) atoms. The van der Waals surface area contributed by atoms with Gasteiger partial charge < -0.3 is 9.52 Å². The van der Waals surface area contributed by atoms with Crippen molar-refractivity contribution < 1.29 is 9.52 Å². The first kappa shape index (κ1) is 19.0. The second-order valence-electron chi connectivity index (χ2n) is 10.4. The molecule has 0 aromatic carbocycles. The summed E-state index contributed by atoms with van der Waals surface area (Å²) in [5.41, 5.74) is 3.35. The maximum Gasteiger partial charge on any atom is 0.209 e. The first-order valence-electron chi connectivity index (χ1n) is 11.4. The Balaban J connectivity index is 1.29. The van der Waals surface area contributed by atoms with Crippen molar-refractivity contribution in [1.82, 2.24) is 4.98 Å². The molecule has 0 amide bonds. The zero-order chi connectivity index (χ0) is 20.5. The SMILES string of the molecule is C[C@]12CC[C@H](O)CC1=CCC1C2CC[C@]2(C)c3nc(/N=C/c4ccco4)sc3CC12. The highest BCUT2D eigenvalue weighted by molar-refractivity contribution is 7.15. The average Bonchev–Trinajstić information content (AvgIpc) is 3.43. The van der Waals surface area contributed by atoms with E-state index >= 15 is 0 Å². The number of furan rings is 1. The largest absolute Gasteiger partial charge is 0.463 e. The summed E-state index contributed by atoms with van der Waals surface area (Å²) >= 11 is 1.77. The Morgan fingerprint density at radius 1 is 1.20 bits per heavy atom. The van der Waals surface area contributed by atoms with Gasteiger partial charge in [-0.05, 0) is 80.2 Å². The molecule has 1 N–H and O–H groups in total. The van der Waals surface area contributed by atoms with Gasteiger partial charge >= 0.3 is 0 Å². The standard InChI is InChI=1S/C25H30N2O2S/c1-24-9-7-16(28)12-15(24)5-6-18-19(24)8-10-25(2)20(18)13-21-22(25)27-23(30-21)26-14-17-4-3-11-29-17/h3-5,11,14,16,18-20,28H,6-10,12-13H2,1-2H3/b26-14+/t16-,18?,19?,20?,24-,25-/m0/s1. The zero-order valence-electron chi connectivity index (χ0n) is 17.8. The molecule has 2 aromatic heterocycles. The molecule has 158 valence electrons. The van der Waals surface area contributed by atoms with Crippen LogP contribution in [0.5, 0.6) is 0 Å². The van der Waals surface area contributed by atoms with Crippen LogP contribution in [0.4, 0.5) is 5.13 Å². The minimum atomic E-state index is -0.127. The van der Waals surface area contributed by atoms with E-state index in [0.29, 0.717) is 11.3 Å². The first-order chi connectivity index (χ1) is 14.5. The van der Waals surface area contributed by atoms with Gasteiger partial charge in [0.15, 0.2) is 0 Å². The number of nitrogens with zero attached hydrogens (tertiary/aromatic N) is 2. The van der Waals surface area contributed by atoms with Crippen LogP contribution >= 0.6 is 11.3 Å². The van der Waals surface area contributed by atoms with Crippen LogP contribution in [0.1, 0.15) is 68.7 Å². The third-order valence-electron chi connectivity index (χ3n) is 8.95. The summed E-state index contributed by atoms with van der Waals surface area (Å²) < 4.78 is 5.36. The molecule has 0 bridgehead atoms. The van der Waals surface area contributed by atoms with Crippen molar-refractivity contribution in [2.75, 3.05) is 0 Å². The number of hydrogen-bond acceptors (Lipinski definition) is 5. The van der Waals surface area contributed by atoms with Crippen molar-refractivity contribution in [3.63, 3.8) is 0 Å². The van der Waals surface area contributed by atoms with E-state index in [0.717, 1.165) is 48.4 Å². The van der Waals surface area contributed by atoms with E-state index < -0.39 is 0 Å². The fourth-order valence-corrected chi connectivity index (χ4v) is 8.40. The lowest BCUT2D eigenvalue weighted by Crippen LogP contribution is -2.51. The van der Waals surface area contributed by atoms with Gasteiger partial charge in [0.25, 0.3) is 0 Å². The molecule has 0 spiro atoms. The fourth-order valence-electron chi connectivity index (χ4n) is 7.29. The van der Waals surface area contributed by atoms with E-state index in [2.05, 4.69) is 24.9 Å². The molecule has 0 aliphatic heterocycles. The number of aliphatic hydroxyl groups is 1. The molecular weight excluding hydrogens is 392 g/mol. The Hall–Kier alpha value is -1.72. The summed E-state index contributed by atoms with van der Waals surface area (Å²) in [6.45, 7) is 4.96. The number of aromatic nitrogens is 1. The lowest BCUT2D eigenvalue weighted by Gasteiger charge is -2.57. The van der Waals surface area contributed by atoms with Crippen LogP contribution in [-0.4, -0.2) is 22.4 Å². The molecule has 0 radical (unpaired) electrons. The van der Waals surface area contributed by atoms with E-state index in [4.69, 9.17) is 9.40 Å². The van der Waals surface area contributed by atoms with Crippen molar-refractivity contribution in [3.05, 3.63) is 46.4 Å². The molecule has 0 saturated heterocycles. The molecule has 2 heterocycles. The van der Waals surface area contributed by atoms with Gasteiger partial charge in [0.05, 0.1) is 24.3 Å². The molecule has 4 nitrogen and oxygen atoms in total. The van der Waals surface area contributed by atoms with Crippen molar-refractivity contribution >= 4 is 22.7 Å². The Bertz CT molecular complexity index is 1020. The molecule has 2 fully saturated rings. The van der Waals surface area contributed by atoms with Crippen molar-refractivity contribution in [2.24, 2.45) is 28.2 Å². The molecule has 4 aliphatic carbocycles. The Kier molecular flexibility index (Phi) is 4.20. The molecule has 2 aromatic rings. The summed E-state index contributed by atoms with van der Waals surface area (Å²) in [5.74, 6) is 2.96. The summed E-state index contributed by atoms with van der Waals surface area (Å²) in [5, 5.41) is 11.1. The zero-order valence-corrected chi connectivity index (χ0v) is 18.6. The third kappa shape index (κ3) is 2.67. The van der Waals surface area contributed by atoms with Crippen LogP contribution in [-0.2, 0) is 11.8 Å². The molecule has 6 atom stereocenters. The predicted molar refractivity (Wildman–Crippen MR) is 120 cm³/mol. The van der Waals surface area contributed by atoms with Gasteiger partial charge in [0, 0.05) is 10.3 Å². The summed E-state index contributed by atoms with van der Waals surface area (Å²) in [6, 6.07) is 3.80. The number of aliphatic hydroxyl groups excluding tert-OH is 1. The van der Waals surface area contributed by atoms with E-state index in [1.165, 1.54) is 29.8 Å². The van der Waals surface area contributed by atoms with Gasteiger partial charge in [0.2, 0.25) is 5.13 Å². The first-order valence-corrected chi connectivity index (χ1v) is 12.2. The highest BCUT2D eigenvalue weighted by atomic mass is 32.1. The van der Waals surface area contributed by atoms with Crippen LogP contribution in [0.25, 0.3) is 0 Å². The van der Waals surface area contributed by atoms with Crippen LogP contribution < -0.4 is 0 Å². The second-order valence-corrected chi connectivity index (χ2v) is 11.4. The van der Waals surface area contributed by atoms with Crippen LogP contribution in [0.2, 0.25) is 0 Å². The van der Waals surface area contributed by atoms with Crippen molar-refractivity contribution in [2.45, 2.75) is 70.3 Å². The second kappa shape index (κ2) is 6.64. The highest BCUT2D eigenvalue weighted by Crippen LogP contribution is 2.64. The number of hydrogen-bond donors (Lipinski definition) is 1. The normalized spacial score (nSPS) is 39.9. The smallest absolute Gasteiger partial charge is 0.209 e. The molecule has 3 unspecified atom stereocenters. The van der Waals surface area contributed by atoms with E-state index in [1.54, 1.807) is 29.4 Å². The van der Waals surface area contributed by atoms with Crippen LogP contribution in [0, 0.1) is 23.2 Å². The van der Waals surface area contributed by atoms with Gasteiger partial charge in [-0.1, -0.05) is 36.8 Å². The van der Waals surface area contributed by atoms with E-state index in [1.807, 2.05) is 12.1 Å². The maximum absolute atomic E-state index is 10.2. The van der Waals surface area contributed by atoms with Gasteiger partial charge in [-0.15, -0.1) is 0 Å². The minimum Gasteiger partial charge on any atom is -0.463 e. The van der Waals surface area contributed by atoms with Crippen molar-refractivity contribution in [3.8, 4) is 0 Å². The predicted octanol–water partition coefficient (Wildman–Crippen LogP) is 5.82. The topological polar surface area (TPSA) is 58.6 Å². The lowest BCUT2D eigenvalue weighted by molar-refractivity contribution is -0.0169. The van der Waals surface area contributed by atoms with Gasteiger partial charge in [-0.3, -0.25) is 0 Å². The number of fused-ring (bicyclic) bond motifs is 7. The van der Waals surface area contributed by atoms with Crippen LogP contribution in [0.3, 0.4) is 0 Å². The number of thiazole rings is 1. The quantitative estimate of drug-likeness (QED) is 0.490. The monoisotopic (exact) mass is 422 g/mol. The highest BCUT2D eigenvalue weighted by Gasteiger charge is 2.58.